The molecule has 0 aromatic heterocycles. The second-order valence-electron chi connectivity index (χ2n) is 4.71. The molecule has 1 aromatic rings. The zero-order valence-corrected chi connectivity index (χ0v) is 12.7. The topological polar surface area (TPSA) is 57.7 Å². The number of fused-ring (bicyclic) bond motifs is 1. The van der Waals surface area contributed by atoms with Crippen LogP contribution in [0.5, 0.6) is 0 Å². The van der Waals surface area contributed by atoms with Gasteiger partial charge in [-0.1, -0.05) is 26.0 Å². The average Bonchev–Trinajstić information content (AvgIpc) is 2.60. The van der Waals surface area contributed by atoms with Crippen LogP contribution in [0.2, 0.25) is 0 Å². The van der Waals surface area contributed by atoms with Gasteiger partial charge in [-0.25, -0.2) is 0 Å². The molecule has 0 fully saturated rings. The van der Waals surface area contributed by atoms with Gasteiger partial charge >= 0.3 is 10.2 Å². The third-order valence-corrected chi connectivity index (χ3v) is 5.65. The number of para-hydroxylation sites is 1. The van der Waals surface area contributed by atoms with Gasteiger partial charge in [0.2, 0.25) is 0 Å². The SMILES string of the molecule is CCN(CC)S(=O)(=O)N1CCCC(=O)c2ccccc21. The number of benzene rings is 1. The third-order valence-electron chi connectivity index (χ3n) is 3.55. The van der Waals surface area contributed by atoms with Crippen molar-refractivity contribution in [1.82, 2.24) is 4.31 Å². The Balaban J connectivity index is 2.52. The van der Waals surface area contributed by atoms with E-state index in [-0.39, 0.29) is 5.78 Å². The molecule has 1 heterocycles. The summed E-state index contributed by atoms with van der Waals surface area (Å²) >= 11 is 0. The van der Waals surface area contributed by atoms with Crippen LogP contribution in [0.3, 0.4) is 0 Å². The fraction of sp³-hybridized carbons (Fsp3) is 0.500. The Morgan fingerprint density at radius 1 is 1.20 bits per heavy atom. The first-order valence-corrected chi connectivity index (χ1v) is 8.32. The fourth-order valence-corrected chi connectivity index (χ4v) is 4.19. The van der Waals surface area contributed by atoms with Gasteiger partial charge in [0.1, 0.15) is 0 Å². The molecular weight excluding hydrogens is 276 g/mol. The lowest BCUT2D eigenvalue weighted by atomic mass is 10.1. The van der Waals surface area contributed by atoms with Gasteiger partial charge in [0.15, 0.2) is 5.78 Å². The Bertz CT molecular complexity index is 594. The lowest BCUT2D eigenvalue weighted by Gasteiger charge is -2.29. The van der Waals surface area contributed by atoms with Crippen molar-refractivity contribution < 1.29 is 13.2 Å². The molecule has 0 atom stereocenters. The van der Waals surface area contributed by atoms with Crippen molar-refractivity contribution in [2.24, 2.45) is 0 Å². The van der Waals surface area contributed by atoms with Crippen LogP contribution in [0.1, 0.15) is 37.0 Å². The van der Waals surface area contributed by atoms with Crippen LogP contribution in [-0.2, 0) is 10.2 Å². The molecule has 0 N–H and O–H groups in total. The molecule has 0 saturated carbocycles. The highest BCUT2D eigenvalue weighted by Crippen LogP contribution is 2.29. The summed E-state index contributed by atoms with van der Waals surface area (Å²) in [5, 5.41) is 0. The smallest absolute Gasteiger partial charge is 0.294 e. The van der Waals surface area contributed by atoms with E-state index in [9.17, 15) is 13.2 Å². The summed E-state index contributed by atoms with van der Waals surface area (Å²) in [6, 6.07) is 6.94. The van der Waals surface area contributed by atoms with E-state index in [0.29, 0.717) is 43.7 Å². The van der Waals surface area contributed by atoms with Crippen molar-refractivity contribution in [3.05, 3.63) is 29.8 Å². The molecule has 0 amide bonds. The number of hydrogen-bond acceptors (Lipinski definition) is 3. The lowest BCUT2D eigenvalue weighted by molar-refractivity contribution is 0.0984. The predicted octanol–water partition coefficient (Wildman–Crippen LogP) is 2.06. The van der Waals surface area contributed by atoms with E-state index in [1.165, 1.54) is 8.61 Å². The maximum absolute atomic E-state index is 12.7. The van der Waals surface area contributed by atoms with Gasteiger partial charge < -0.3 is 0 Å². The molecule has 1 aliphatic heterocycles. The highest BCUT2D eigenvalue weighted by molar-refractivity contribution is 7.90. The van der Waals surface area contributed by atoms with Gasteiger partial charge in [-0.2, -0.15) is 12.7 Å². The minimum atomic E-state index is -3.57. The molecule has 2 rings (SSSR count). The van der Waals surface area contributed by atoms with Crippen molar-refractivity contribution in [2.75, 3.05) is 23.9 Å². The number of anilines is 1. The summed E-state index contributed by atoms with van der Waals surface area (Å²) in [6.45, 7) is 4.82. The standard InChI is InChI=1S/C14H20N2O3S/c1-3-15(4-2)20(18,19)16-11-7-10-14(17)12-8-5-6-9-13(12)16/h5-6,8-9H,3-4,7,10-11H2,1-2H3. The molecular formula is C14H20N2O3S. The minimum Gasteiger partial charge on any atom is -0.294 e. The molecule has 0 unspecified atom stereocenters. The average molecular weight is 296 g/mol. The largest absolute Gasteiger partial charge is 0.304 e. The van der Waals surface area contributed by atoms with Crippen molar-refractivity contribution in [3.63, 3.8) is 0 Å². The Morgan fingerprint density at radius 2 is 1.85 bits per heavy atom. The van der Waals surface area contributed by atoms with Crippen LogP contribution in [-0.4, -0.2) is 38.1 Å². The van der Waals surface area contributed by atoms with E-state index in [0.717, 1.165) is 0 Å². The van der Waals surface area contributed by atoms with Crippen LogP contribution in [0.25, 0.3) is 0 Å². The van der Waals surface area contributed by atoms with Crippen molar-refractivity contribution in [3.8, 4) is 0 Å². The molecule has 6 heteroatoms. The fourth-order valence-electron chi connectivity index (χ4n) is 2.49. The van der Waals surface area contributed by atoms with Crippen molar-refractivity contribution in [1.29, 1.82) is 0 Å². The van der Waals surface area contributed by atoms with Gasteiger partial charge in [-0.3, -0.25) is 9.10 Å². The summed E-state index contributed by atoms with van der Waals surface area (Å²) in [6.07, 6.45) is 0.940. The summed E-state index contributed by atoms with van der Waals surface area (Å²) in [7, 11) is -3.57. The highest BCUT2D eigenvalue weighted by Gasteiger charge is 2.32. The van der Waals surface area contributed by atoms with E-state index in [2.05, 4.69) is 0 Å². The number of Topliss-reactive ketones (excluding diaryl/α,β-unsaturated/α-hetero) is 1. The van der Waals surface area contributed by atoms with Crippen molar-refractivity contribution in [2.45, 2.75) is 26.7 Å². The molecule has 0 radical (unpaired) electrons. The van der Waals surface area contributed by atoms with Gasteiger partial charge in [0, 0.05) is 31.6 Å². The van der Waals surface area contributed by atoms with Crippen LogP contribution >= 0.6 is 0 Å². The Hall–Kier alpha value is -1.40. The van der Waals surface area contributed by atoms with E-state index in [1.54, 1.807) is 24.3 Å². The maximum atomic E-state index is 12.7. The van der Waals surface area contributed by atoms with Crippen LogP contribution in [0.4, 0.5) is 5.69 Å². The predicted molar refractivity (Wildman–Crippen MR) is 79.2 cm³/mol. The third kappa shape index (κ3) is 2.58. The van der Waals surface area contributed by atoms with E-state index in [1.807, 2.05) is 13.8 Å². The van der Waals surface area contributed by atoms with Gasteiger partial charge in [-0.05, 0) is 18.6 Å². The number of nitrogens with zero attached hydrogens (tertiary/aromatic N) is 2. The molecule has 20 heavy (non-hydrogen) atoms. The van der Waals surface area contributed by atoms with Crippen LogP contribution < -0.4 is 4.31 Å². The lowest BCUT2D eigenvalue weighted by Crippen LogP contribution is -2.44. The first-order chi connectivity index (χ1) is 9.52. The maximum Gasteiger partial charge on any atom is 0.304 e. The van der Waals surface area contributed by atoms with Gasteiger partial charge in [0.05, 0.1) is 5.69 Å². The monoisotopic (exact) mass is 296 g/mol. The van der Waals surface area contributed by atoms with E-state index >= 15 is 0 Å². The first kappa shape index (κ1) is 15.0. The molecule has 1 aromatic carbocycles. The molecule has 0 saturated heterocycles. The molecule has 1 aliphatic rings. The minimum absolute atomic E-state index is 0.0119. The number of carbonyl (C=O) groups is 1. The Morgan fingerprint density at radius 3 is 2.50 bits per heavy atom. The van der Waals surface area contributed by atoms with Gasteiger partial charge in [-0.15, -0.1) is 0 Å². The normalized spacial score (nSPS) is 16.1. The van der Waals surface area contributed by atoms with E-state index < -0.39 is 10.2 Å². The van der Waals surface area contributed by atoms with E-state index in [4.69, 9.17) is 0 Å². The highest BCUT2D eigenvalue weighted by atomic mass is 32.2. The zero-order chi connectivity index (χ0) is 14.8. The zero-order valence-electron chi connectivity index (χ0n) is 11.9. The molecule has 5 nitrogen and oxygen atoms in total. The Labute approximate surface area is 120 Å². The number of carbonyl (C=O) groups excluding carboxylic acids is 1. The summed E-state index contributed by atoms with van der Waals surface area (Å²) < 4.78 is 28.2. The molecule has 0 spiro atoms. The summed E-state index contributed by atoms with van der Waals surface area (Å²) in [4.78, 5) is 12.1. The number of ketones is 1. The van der Waals surface area contributed by atoms with Crippen molar-refractivity contribution >= 4 is 21.7 Å². The molecule has 110 valence electrons. The first-order valence-electron chi connectivity index (χ1n) is 6.92. The summed E-state index contributed by atoms with van der Waals surface area (Å²) in [5.74, 6) is 0.0119. The second-order valence-corrected chi connectivity index (χ2v) is 6.56. The van der Waals surface area contributed by atoms with Crippen LogP contribution in [0.15, 0.2) is 24.3 Å². The second kappa shape index (κ2) is 5.93. The summed E-state index contributed by atoms with van der Waals surface area (Å²) in [5.41, 5.74) is 1.00. The molecule has 0 bridgehead atoms. The number of rotatable bonds is 4. The van der Waals surface area contributed by atoms with Crippen LogP contribution in [0, 0.1) is 0 Å². The quantitative estimate of drug-likeness (QED) is 0.854. The molecule has 0 aliphatic carbocycles. The van der Waals surface area contributed by atoms with Gasteiger partial charge in [0.25, 0.3) is 0 Å². The Kier molecular flexibility index (Phi) is 4.45. The number of hydrogen-bond donors (Lipinski definition) is 0.